The van der Waals surface area contributed by atoms with Crippen LogP contribution in [0.1, 0.15) is 28.9 Å². The molecule has 1 rings (SSSR count). The summed E-state index contributed by atoms with van der Waals surface area (Å²) in [5.74, 6) is -2.01. The van der Waals surface area contributed by atoms with E-state index in [1.165, 1.54) is 0 Å². The van der Waals surface area contributed by atoms with Crippen molar-refractivity contribution in [3.63, 3.8) is 0 Å². The van der Waals surface area contributed by atoms with Crippen LogP contribution in [0.25, 0.3) is 0 Å². The average Bonchev–Trinajstić information content (AvgIpc) is 2.33. The number of alkyl halides is 3. The molecule has 0 aliphatic heterocycles. The number of nitrogens with zero attached hydrogens (tertiary/aromatic N) is 1. The number of halogens is 3. The largest absolute Gasteiger partial charge is 0.481 e. The van der Waals surface area contributed by atoms with E-state index in [9.17, 15) is 22.8 Å². The van der Waals surface area contributed by atoms with Gasteiger partial charge in [-0.05, 0) is 18.6 Å². The smallest absolute Gasteiger partial charge is 0.418 e. The lowest BCUT2D eigenvalue weighted by atomic mass is 10.1. The highest BCUT2D eigenvalue weighted by molar-refractivity contribution is 5.93. The second-order valence-corrected chi connectivity index (χ2v) is 3.65. The van der Waals surface area contributed by atoms with Crippen LogP contribution in [0.15, 0.2) is 18.3 Å². The van der Waals surface area contributed by atoms with Crippen molar-refractivity contribution in [3.05, 3.63) is 29.6 Å². The lowest BCUT2D eigenvalue weighted by Gasteiger charge is -2.11. The Bertz CT molecular complexity index is 474. The number of carbonyl (C=O) groups excluding carboxylic acids is 1. The zero-order chi connectivity index (χ0) is 14.5. The number of pyridine rings is 1. The van der Waals surface area contributed by atoms with E-state index in [-0.39, 0.29) is 19.4 Å². The number of hydrogen-bond acceptors (Lipinski definition) is 3. The van der Waals surface area contributed by atoms with E-state index < -0.39 is 29.3 Å². The molecule has 0 saturated heterocycles. The molecule has 0 radical (unpaired) electrons. The molecule has 0 saturated carbocycles. The monoisotopic (exact) mass is 276 g/mol. The van der Waals surface area contributed by atoms with Gasteiger partial charge in [0.15, 0.2) is 0 Å². The Hall–Kier alpha value is -2.12. The van der Waals surface area contributed by atoms with E-state index in [1.807, 2.05) is 0 Å². The minimum atomic E-state index is -4.66. The third-order valence-corrected chi connectivity index (χ3v) is 2.18. The summed E-state index contributed by atoms with van der Waals surface area (Å²) in [6.45, 7) is -0.0288. The lowest BCUT2D eigenvalue weighted by Crippen LogP contribution is -2.28. The van der Waals surface area contributed by atoms with Crippen LogP contribution in [0.5, 0.6) is 0 Å². The van der Waals surface area contributed by atoms with Crippen LogP contribution in [-0.2, 0) is 11.0 Å². The molecule has 0 aliphatic rings. The SMILES string of the molecule is O=C(O)CCCNC(=O)c1ncccc1C(F)(F)F. The molecule has 19 heavy (non-hydrogen) atoms. The van der Waals surface area contributed by atoms with E-state index in [4.69, 9.17) is 5.11 Å². The number of carbonyl (C=O) groups is 2. The number of aromatic nitrogens is 1. The molecule has 1 heterocycles. The van der Waals surface area contributed by atoms with Gasteiger partial charge in [-0.3, -0.25) is 14.6 Å². The number of carboxylic acids is 1. The summed E-state index contributed by atoms with van der Waals surface area (Å²) in [5, 5.41) is 10.6. The Kier molecular flexibility index (Phi) is 4.85. The molecular weight excluding hydrogens is 265 g/mol. The normalized spacial score (nSPS) is 11.1. The maximum absolute atomic E-state index is 12.6. The van der Waals surface area contributed by atoms with Crippen molar-refractivity contribution in [1.29, 1.82) is 0 Å². The highest BCUT2D eigenvalue weighted by Gasteiger charge is 2.35. The molecule has 0 aromatic carbocycles. The molecule has 0 spiro atoms. The van der Waals surface area contributed by atoms with Crippen molar-refractivity contribution in [3.8, 4) is 0 Å². The van der Waals surface area contributed by atoms with E-state index in [2.05, 4.69) is 10.3 Å². The van der Waals surface area contributed by atoms with Crippen molar-refractivity contribution >= 4 is 11.9 Å². The van der Waals surface area contributed by atoms with Gasteiger partial charge in [-0.2, -0.15) is 13.2 Å². The zero-order valence-corrected chi connectivity index (χ0v) is 9.70. The van der Waals surface area contributed by atoms with E-state index in [0.29, 0.717) is 0 Å². The number of hydrogen-bond donors (Lipinski definition) is 2. The Morgan fingerprint density at radius 1 is 1.37 bits per heavy atom. The van der Waals surface area contributed by atoms with E-state index >= 15 is 0 Å². The van der Waals surface area contributed by atoms with Gasteiger partial charge in [0.1, 0.15) is 5.69 Å². The van der Waals surface area contributed by atoms with Crippen LogP contribution in [0, 0.1) is 0 Å². The molecule has 2 N–H and O–H groups in total. The van der Waals surface area contributed by atoms with Crippen LogP contribution in [0.3, 0.4) is 0 Å². The standard InChI is InChI=1S/C11H11F3N2O3/c12-11(13,14)7-3-1-5-15-9(7)10(19)16-6-2-4-8(17)18/h1,3,5H,2,4,6H2,(H,16,19)(H,17,18). The highest BCUT2D eigenvalue weighted by atomic mass is 19.4. The quantitative estimate of drug-likeness (QED) is 0.802. The van der Waals surface area contributed by atoms with Crippen molar-refractivity contribution < 1.29 is 27.9 Å². The second kappa shape index (κ2) is 6.17. The van der Waals surface area contributed by atoms with Crippen LogP contribution in [0.2, 0.25) is 0 Å². The molecule has 0 aliphatic carbocycles. The van der Waals surface area contributed by atoms with Crippen LogP contribution in [-0.4, -0.2) is 28.5 Å². The third-order valence-electron chi connectivity index (χ3n) is 2.18. The maximum atomic E-state index is 12.6. The number of amides is 1. The summed E-state index contributed by atoms with van der Waals surface area (Å²) in [6, 6.07) is 1.85. The maximum Gasteiger partial charge on any atom is 0.418 e. The fourth-order valence-electron chi connectivity index (χ4n) is 1.34. The molecule has 1 amide bonds. The predicted octanol–water partition coefficient (Wildman–Crippen LogP) is 1.69. The van der Waals surface area contributed by atoms with Gasteiger partial charge < -0.3 is 10.4 Å². The Morgan fingerprint density at radius 3 is 2.63 bits per heavy atom. The van der Waals surface area contributed by atoms with Gasteiger partial charge in [0, 0.05) is 19.2 Å². The number of aliphatic carboxylic acids is 1. The molecule has 0 bridgehead atoms. The molecule has 0 fully saturated rings. The second-order valence-electron chi connectivity index (χ2n) is 3.65. The molecule has 104 valence electrons. The van der Waals surface area contributed by atoms with Gasteiger partial charge in [-0.25, -0.2) is 0 Å². The van der Waals surface area contributed by atoms with Crippen LogP contribution >= 0.6 is 0 Å². The first-order valence-corrected chi connectivity index (χ1v) is 5.34. The summed E-state index contributed by atoms with van der Waals surface area (Å²) >= 11 is 0. The number of carboxylic acid groups (broad SMARTS) is 1. The fraction of sp³-hybridized carbons (Fsp3) is 0.364. The first kappa shape index (κ1) is 14.9. The highest BCUT2D eigenvalue weighted by Crippen LogP contribution is 2.30. The number of rotatable bonds is 5. The predicted molar refractivity (Wildman–Crippen MR) is 58.4 cm³/mol. The first-order valence-electron chi connectivity index (χ1n) is 5.34. The Labute approximate surface area is 106 Å². The summed E-state index contributed by atoms with van der Waals surface area (Å²) in [4.78, 5) is 25.2. The zero-order valence-electron chi connectivity index (χ0n) is 9.70. The fourth-order valence-corrected chi connectivity index (χ4v) is 1.34. The minimum Gasteiger partial charge on any atom is -0.481 e. The first-order chi connectivity index (χ1) is 8.82. The molecule has 0 atom stereocenters. The van der Waals surface area contributed by atoms with Gasteiger partial charge in [0.05, 0.1) is 5.56 Å². The third kappa shape index (κ3) is 4.57. The van der Waals surface area contributed by atoms with E-state index in [0.717, 1.165) is 18.3 Å². The van der Waals surface area contributed by atoms with Gasteiger partial charge in [-0.1, -0.05) is 0 Å². The Balaban J connectivity index is 2.70. The number of nitrogens with one attached hydrogen (secondary N) is 1. The van der Waals surface area contributed by atoms with Gasteiger partial charge in [-0.15, -0.1) is 0 Å². The van der Waals surface area contributed by atoms with Crippen molar-refractivity contribution in [2.24, 2.45) is 0 Å². The molecule has 1 aromatic heterocycles. The summed E-state index contributed by atoms with van der Waals surface area (Å²) < 4.78 is 37.8. The molecule has 5 nitrogen and oxygen atoms in total. The Morgan fingerprint density at radius 2 is 2.05 bits per heavy atom. The molecular formula is C11H11F3N2O3. The average molecular weight is 276 g/mol. The van der Waals surface area contributed by atoms with Crippen molar-refractivity contribution in [1.82, 2.24) is 10.3 Å². The van der Waals surface area contributed by atoms with Crippen LogP contribution < -0.4 is 5.32 Å². The topological polar surface area (TPSA) is 79.3 Å². The van der Waals surface area contributed by atoms with Crippen molar-refractivity contribution in [2.45, 2.75) is 19.0 Å². The van der Waals surface area contributed by atoms with Gasteiger partial charge in [0.25, 0.3) is 5.91 Å². The summed E-state index contributed by atoms with van der Waals surface area (Å²) in [7, 11) is 0. The summed E-state index contributed by atoms with van der Waals surface area (Å²) in [5.41, 5.74) is -1.84. The van der Waals surface area contributed by atoms with Gasteiger partial charge in [0.2, 0.25) is 0 Å². The summed E-state index contributed by atoms with van der Waals surface area (Å²) in [6.07, 6.45) is -3.62. The molecule has 0 unspecified atom stereocenters. The van der Waals surface area contributed by atoms with Crippen LogP contribution in [0.4, 0.5) is 13.2 Å². The molecule has 8 heteroatoms. The van der Waals surface area contributed by atoms with Gasteiger partial charge >= 0.3 is 12.1 Å². The van der Waals surface area contributed by atoms with E-state index in [1.54, 1.807) is 0 Å². The minimum absolute atomic E-state index is 0.0288. The van der Waals surface area contributed by atoms with Crippen molar-refractivity contribution in [2.75, 3.05) is 6.54 Å². The lowest BCUT2D eigenvalue weighted by molar-refractivity contribution is -0.138. The molecule has 1 aromatic rings.